The molecule has 0 bridgehead atoms. The number of morpholine rings is 1. The summed E-state index contributed by atoms with van der Waals surface area (Å²) in [4.78, 5) is 32.8. The fourth-order valence-electron chi connectivity index (χ4n) is 5.08. The first-order chi connectivity index (χ1) is 21.3. The van der Waals surface area contributed by atoms with Crippen molar-refractivity contribution in [3.8, 4) is 0 Å². The molecule has 1 aromatic heterocycles. The fourth-order valence-corrected chi connectivity index (χ4v) is 6.64. The Hall–Kier alpha value is -4.26. The van der Waals surface area contributed by atoms with Crippen molar-refractivity contribution in [3.63, 3.8) is 0 Å². The molecule has 3 atom stereocenters. The van der Waals surface area contributed by atoms with Gasteiger partial charge in [0.05, 0.1) is 30.8 Å². The maximum Gasteiger partial charge on any atom is 0.318 e. The number of aliphatic hydroxyl groups is 1. The van der Waals surface area contributed by atoms with Gasteiger partial charge >= 0.3 is 6.03 Å². The molecule has 1 saturated heterocycles. The molecule has 3 amide bonds. The second-order valence-corrected chi connectivity index (χ2v) is 12.9. The Bertz CT molecular complexity index is 1610. The summed E-state index contributed by atoms with van der Waals surface area (Å²) >= 11 is 0. The lowest BCUT2D eigenvalue weighted by molar-refractivity contribution is -0.124. The van der Waals surface area contributed by atoms with Crippen molar-refractivity contribution in [2.75, 3.05) is 32.1 Å². The Morgan fingerprint density at radius 2 is 1.52 bits per heavy atom. The van der Waals surface area contributed by atoms with E-state index in [-0.39, 0.29) is 18.1 Å². The smallest absolute Gasteiger partial charge is 0.318 e. The number of carbonyl (C=O) groups is 2. The number of fused-ring (bicyclic) bond motifs is 1. The zero-order chi connectivity index (χ0) is 30.9. The van der Waals surface area contributed by atoms with Crippen LogP contribution in [0.3, 0.4) is 0 Å². The third kappa shape index (κ3) is 8.43. The van der Waals surface area contributed by atoms with Crippen LogP contribution in [-0.2, 0) is 31.5 Å². The van der Waals surface area contributed by atoms with Gasteiger partial charge in [-0.3, -0.25) is 4.79 Å². The normalized spacial score (nSPS) is 15.8. The molecule has 0 spiro atoms. The minimum Gasteiger partial charge on any atom is -0.438 e. The zero-order valence-corrected chi connectivity index (χ0v) is 25.0. The minimum atomic E-state index is -3.85. The fraction of sp³-hybridized carbons (Fsp3) is 0.344. The van der Waals surface area contributed by atoms with E-state index in [1.54, 1.807) is 54.6 Å². The van der Waals surface area contributed by atoms with Gasteiger partial charge in [-0.25, -0.2) is 18.2 Å². The second-order valence-electron chi connectivity index (χ2n) is 10.7. The second kappa shape index (κ2) is 14.5. The lowest BCUT2D eigenvalue weighted by Crippen LogP contribution is -2.57. The SMILES string of the molecule is O=C(N[C@H](CCc1ccccc1)[C@H](O)c1nc2ccccc2o1)C(CS(=O)(=O)Cc1ccccc1)NC(=O)N1CCOCC1. The first kappa shape index (κ1) is 31.2. The molecule has 0 radical (unpaired) electrons. The Kier molecular flexibility index (Phi) is 10.3. The molecule has 0 saturated carbocycles. The number of oxazole rings is 1. The van der Waals surface area contributed by atoms with Crippen LogP contribution in [0.4, 0.5) is 4.79 Å². The minimum absolute atomic E-state index is 0.0233. The highest BCUT2D eigenvalue weighted by Crippen LogP contribution is 2.24. The molecule has 5 rings (SSSR count). The first-order valence-corrected chi connectivity index (χ1v) is 16.3. The quantitative estimate of drug-likeness (QED) is 0.219. The third-order valence-electron chi connectivity index (χ3n) is 7.42. The van der Waals surface area contributed by atoms with Crippen molar-refractivity contribution in [2.24, 2.45) is 0 Å². The maximum atomic E-state index is 13.8. The number of aromatic nitrogens is 1. The highest BCUT2D eigenvalue weighted by atomic mass is 32.2. The van der Waals surface area contributed by atoms with E-state index in [4.69, 9.17) is 9.15 Å². The molecule has 1 unspecified atom stereocenters. The Morgan fingerprint density at radius 1 is 0.886 bits per heavy atom. The van der Waals surface area contributed by atoms with Gasteiger partial charge in [0.15, 0.2) is 21.5 Å². The first-order valence-electron chi connectivity index (χ1n) is 14.5. The summed E-state index contributed by atoms with van der Waals surface area (Å²) in [5.41, 5.74) is 2.59. The van der Waals surface area contributed by atoms with Crippen molar-refractivity contribution < 1.29 is 32.3 Å². The number of nitrogens with zero attached hydrogens (tertiary/aromatic N) is 2. The van der Waals surface area contributed by atoms with Crippen LogP contribution in [0.15, 0.2) is 89.3 Å². The average Bonchev–Trinajstić information content (AvgIpc) is 3.48. The molecular formula is C32H36N4O7S. The highest BCUT2D eigenvalue weighted by molar-refractivity contribution is 7.90. The van der Waals surface area contributed by atoms with Gasteiger partial charge in [0.25, 0.3) is 0 Å². The number of urea groups is 1. The number of sulfone groups is 1. The number of carbonyl (C=O) groups excluding carboxylic acids is 2. The van der Waals surface area contributed by atoms with Crippen LogP contribution in [0.5, 0.6) is 0 Å². The topological polar surface area (TPSA) is 151 Å². The molecule has 1 aliphatic heterocycles. The van der Waals surface area contributed by atoms with Gasteiger partial charge in [0.1, 0.15) is 11.6 Å². The summed E-state index contributed by atoms with van der Waals surface area (Å²) in [6, 6.07) is 22.4. The van der Waals surface area contributed by atoms with E-state index in [0.717, 1.165) is 5.56 Å². The Labute approximate surface area is 256 Å². The summed E-state index contributed by atoms with van der Waals surface area (Å²) in [7, 11) is -3.85. The van der Waals surface area contributed by atoms with Gasteiger partial charge in [-0.1, -0.05) is 72.8 Å². The maximum absolute atomic E-state index is 13.8. The van der Waals surface area contributed by atoms with Crippen LogP contribution >= 0.6 is 0 Å². The van der Waals surface area contributed by atoms with Gasteiger partial charge < -0.3 is 29.8 Å². The van der Waals surface area contributed by atoms with Gasteiger partial charge in [0.2, 0.25) is 11.8 Å². The number of rotatable bonds is 12. The van der Waals surface area contributed by atoms with Crippen LogP contribution in [0, 0.1) is 0 Å². The van der Waals surface area contributed by atoms with E-state index in [0.29, 0.717) is 49.4 Å². The van der Waals surface area contributed by atoms with Crippen LogP contribution in [0.1, 0.15) is 29.5 Å². The van der Waals surface area contributed by atoms with Crippen molar-refractivity contribution in [2.45, 2.75) is 36.8 Å². The van der Waals surface area contributed by atoms with E-state index >= 15 is 0 Å². The van der Waals surface area contributed by atoms with Gasteiger partial charge in [-0.2, -0.15) is 0 Å². The Morgan fingerprint density at radius 3 is 2.20 bits per heavy atom. The largest absolute Gasteiger partial charge is 0.438 e. The van der Waals surface area contributed by atoms with Crippen LogP contribution in [0.2, 0.25) is 0 Å². The van der Waals surface area contributed by atoms with Gasteiger partial charge in [-0.15, -0.1) is 0 Å². The number of hydrogen-bond donors (Lipinski definition) is 3. The van der Waals surface area contributed by atoms with E-state index < -0.39 is 45.7 Å². The molecule has 12 heteroatoms. The molecule has 11 nitrogen and oxygen atoms in total. The number of nitrogens with one attached hydrogen (secondary N) is 2. The van der Waals surface area contributed by atoms with Crippen molar-refractivity contribution >= 4 is 32.9 Å². The summed E-state index contributed by atoms with van der Waals surface area (Å²) in [5, 5.41) is 16.8. The van der Waals surface area contributed by atoms with Crippen molar-refractivity contribution in [1.82, 2.24) is 20.5 Å². The van der Waals surface area contributed by atoms with Crippen molar-refractivity contribution in [3.05, 3.63) is 102 Å². The number of aryl methyl sites for hydroxylation is 1. The van der Waals surface area contributed by atoms with E-state index in [1.165, 1.54) is 4.90 Å². The van der Waals surface area contributed by atoms with Crippen LogP contribution in [0.25, 0.3) is 11.1 Å². The van der Waals surface area contributed by atoms with Gasteiger partial charge in [-0.05, 0) is 36.1 Å². The third-order valence-corrected chi connectivity index (χ3v) is 9.04. The Balaban J connectivity index is 1.38. The lowest BCUT2D eigenvalue weighted by Gasteiger charge is -2.30. The monoisotopic (exact) mass is 620 g/mol. The molecule has 0 aliphatic carbocycles. The molecular weight excluding hydrogens is 584 g/mol. The van der Waals surface area contributed by atoms with E-state index in [9.17, 15) is 23.1 Å². The molecule has 44 heavy (non-hydrogen) atoms. The molecule has 1 fully saturated rings. The van der Waals surface area contributed by atoms with Crippen LogP contribution in [-0.4, -0.2) is 79.5 Å². The number of amides is 3. The summed E-state index contributed by atoms with van der Waals surface area (Å²) < 4.78 is 37.7. The van der Waals surface area contributed by atoms with E-state index in [1.807, 2.05) is 30.3 Å². The number of para-hydroxylation sites is 2. The number of aliphatic hydroxyl groups excluding tert-OH is 1. The molecule has 3 aromatic carbocycles. The molecule has 3 N–H and O–H groups in total. The number of ether oxygens (including phenoxy) is 1. The molecule has 1 aliphatic rings. The molecule has 4 aromatic rings. The summed E-state index contributed by atoms with van der Waals surface area (Å²) in [5.74, 6) is -1.64. The summed E-state index contributed by atoms with van der Waals surface area (Å²) in [6.07, 6.45) is -0.553. The standard InChI is InChI=1S/C32H36N4O7S/c37-29(31-34-25-13-7-8-14-28(25)43-31)26(16-15-23-9-3-1-4-10-23)33-30(38)27(35-32(39)36-17-19-42-20-18-36)22-44(40,41)21-24-11-5-2-6-12-24/h1-14,26-27,29,37H,15-22H2,(H,33,38)(H,35,39)/t26-,27?,29+/m1/s1. The molecule has 232 valence electrons. The summed E-state index contributed by atoms with van der Waals surface area (Å²) in [6.45, 7) is 1.31. The number of benzene rings is 3. The zero-order valence-electron chi connectivity index (χ0n) is 24.2. The average molecular weight is 621 g/mol. The van der Waals surface area contributed by atoms with E-state index in [2.05, 4.69) is 15.6 Å². The number of hydrogen-bond acceptors (Lipinski definition) is 8. The predicted octanol–water partition coefficient (Wildman–Crippen LogP) is 3.00. The lowest BCUT2D eigenvalue weighted by atomic mass is 10.0. The van der Waals surface area contributed by atoms with Crippen molar-refractivity contribution in [1.29, 1.82) is 0 Å². The highest BCUT2D eigenvalue weighted by Gasteiger charge is 2.34. The molecule has 2 heterocycles. The van der Waals surface area contributed by atoms with Crippen LogP contribution < -0.4 is 10.6 Å². The van der Waals surface area contributed by atoms with Gasteiger partial charge in [0, 0.05) is 13.1 Å². The predicted molar refractivity (Wildman–Crippen MR) is 164 cm³/mol.